The van der Waals surface area contributed by atoms with E-state index in [0.29, 0.717) is 37.2 Å². The number of nitrogens with one attached hydrogen (secondary N) is 1. The summed E-state index contributed by atoms with van der Waals surface area (Å²) in [5, 5.41) is 9.63. The molecular weight excluding hydrogens is 414 g/mol. The first kappa shape index (κ1) is 20.8. The molecule has 1 aliphatic heterocycles. The van der Waals surface area contributed by atoms with Gasteiger partial charge in [0.1, 0.15) is 11.8 Å². The zero-order valence-corrected chi connectivity index (χ0v) is 18.5. The zero-order valence-electron chi connectivity index (χ0n) is 18.5. The molecule has 2 aromatic heterocycles. The van der Waals surface area contributed by atoms with Gasteiger partial charge in [0, 0.05) is 31.0 Å². The molecule has 4 aromatic rings. The number of likely N-dealkylation sites (tertiary alicyclic amines) is 1. The minimum atomic E-state index is -0.152. The number of nitriles is 1. The fraction of sp³-hybridized carbons (Fsp3) is 0.269. The number of fused-ring (bicyclic) bond motifs is 1. The first-order valence-electron chi connectivity index (χ1n) is 11.3. The van der Waals surface area contributed by atoms with Gasteiger partial charge >= 0.3 is 5.69 Å². The number of aromatic nitrogens is 3. The number of nitrogens with zero attached hydrogens (tertiary/aromatic N) is 4. The number of carbonyl (C=O) groups excluding carboxylic acids is 1. The van der Waals surface area contributed by atoms with Crippen LogP contribution in [0.25, 0.3) is 16.7 Å². The lowest BCUT2D eigenvalue weighted by molar-refractivity contribution is 0.0686. The Labute approximate surface area is 191 Å². The van der Waals surface area contributed by atoms with Gasteiger partial charge in [0.15, 0.2) is 0 Å². The van der Waals surface area contributed by atoms with Crippen molar-refractivity contribution in [3.05, 3.63) is 88.1 Å². The van der Waals surface area contributed by atoms with E-state index in [4.69, 9.17) is 0 Å². The number of para-hydroxylation sites is 2. The molecule has 1 N–H and O–H groups in total. The molecule has 3 heterocycles. The predicted molar refractivity (Wildman–Crippen MR) is 127 cm³/mol. The van der Waals surface area contributed by atoms with E-state index in [-0.39, 0.29) is 17.6 Å². The number of carbonyl (C=O) groups is 1. The fourth-order valence-corrected chi connectivity index (χ4v) is 4.76. The van der Waals surface area contributed by atoms with E-state index < -0.39 is 0 Å². The van der Waals surface area contributed by atoms with Gasteiger partial charge < -0.3 is 14.5 Å². The van der Waals surface area contributed by atoms with E-state index in [2.05, 4.69) is 18.0 Å². The van der Waals surface area contributed by atoms with Crippen molar-refractivity contribution in [2.75, 3.05) is 13.1 Å². The van der Waals surface area contributed by atoms with Crippen molar-refractivity contribution in [1.29, 1.82) is 5.26 Å². The van der Waals surface area contributed by atoms with Gasteiger partial charge in [-0.3, -0.25) is 9.36 Å². The van der Waals surface area contributed by atoms with Crippen molar-refractivity contribution >= 4 is 16.9 Å². The molecule has 5 rings (SSSR count). The summed E-state index contributed by atoms with van der Waals surface area (Å²) in [5.41, 5.74) is 4.44. The second-order valence-corrected chi connectivity index (χ2v) is 8.42. The smallest absolute Gasteiger partial charge is 0.326 e. The molecule has 166 valence electrons. The van der Waals surface area contributed by atoms with Gasteiger partial charge in [0.2, 0.25) is 0 Å². The summed E-state index contributed by atoms with van der Waals surface area (Å²) in [6.45, 7) is 3.15. The van der Waals surface area contributed by atoms with Crippen LogP contribution in [0.5, 0.6) is 0 Å². The molecule has 33 heavy (non-hydrogen) atoms. The number of benzene rings is 2. The van der Waals surface area contributed by atoms with E-state index in [9.17, 15) is 14.9 Å². The van der Waals surface area contributed by atoms with Crippen molar-refractivity contribution in [1.82, 2.24) is 19.0 Å². The summed E-state index contributed by atoms with van der Waals surface area (Å²) in [7, 11) is 0. The van der Waals surface area contributed by atoms with Gasteiger partial charge in [-0.05, 0) is 55.2 Å². The molecule has 0 atom stereocenters. The molecule has 0 spiro atoms. The van der Waals surface area contributed by atoms with Crippen molar-refractivity contribution in [3.63, 3.8) is 0 Å². The van der Waals surface area contributed by atoms with Gasteiger partial charge in [-0.25, -0.2) is 4.79 Å². The Morgan fingerprint density at radius 1 is 1.09 bits per heavy atom. The first-order chi connectivity index (χ1) is 16.1. The zero-order chi connectivity index (χ0) is 22.9. The highest BCUT2D eigenvalue weighted by Gasteiger charge is 2.29. The fourth-order valence-electron chi connectivity index (χ4n) is 4.76. The third-order valence-corrected chi connectivity index (χ3v) is 6.57. The Hall–Kier alpha value is -4.05. The molecule has 0 radical (unpaired) electrons. The van der Waals surface area contributed by atoms with Crippen LogP contribution in [0, 0.1) is 11.3 Å². The highest BCUT2D eigenvalue weighted by atomic mass is 16.2. The molecule has 1 amide bonds. The van der Waals surface area contributed by atoms with Crippen LogP contribution in [-0.4, -0.2) is 38.0 Å². The van der Waals surface area contributed by atoms with Crippen LogP contribution < -0.4 is 5.69 Å². The second-order valence-electron chi connectivity index (χ2n) is 8.42. The molecule has 0 unspecified atom stereocenters. The average Bonchev–Trinajstić information content (AvgIpc) is 3.44. The van der Waals surface area contributed by atoms with E-state index in [0.717, 1.165) is 23.1 Å². The molecule has 1 aliphatic rings. The van der Waals surface area contributed by atoms with E-state index >= 15 is 0 Å². The molecule has 0 saturated carbocycles. The number of H-pyrrole nitrogens is 1. The summed E-state index contributed by atoms with van der Waals surface area (Å²) in [5.74, 6) is -0.152. The number of hydrogen-bond donors (Lipinski definition) is 1. The Bertz CT molecular complexity index is 1410. The largest absolute Gasteiger partial charge is 0.337 e. The Morgan fingerprint density at radius 3 is 2.52 bits per heavy atom. The molecule has 7 heteroatoms. The number of piperidine rings is 1. The topological polar surface area (TPSA) is 86.8 Å². The Kier molecular flexibility index (Phi) is 5.35. The van der Waals surface area contributed by atoms with Crippen molar-refractivity contribution in [2.24, 2.45) is 0 Å². The average molecular weight is 440 g/mol. The van der Waals surface area contributed by atoms with Gasteiger partial charge in [-0.1, -0.05) is 31.2 Å². The number of amides is 1. The van der Waals surface area contributed by atoms with E-state index in [1.165, 1.54) is 5.56 Å². The minimum Gasteiger partial charge on any atom is -0.337 e. The predicted octanol–water partition coefficient (Wildman–Crippen LogP) is 4.03. The van der Waals surface area contributed by atoms with Crippen LogP contribution >= 0.6 is 0 Å². The number of aryl methyl sites for hydroxylation is 1. The molecule has 0 bridgehead atoms. The summed E-state index contributed by atoms with van der Waals surface area (Å²) in [6.07, 6.45) is 4.09. The normalized spacial score (nSPS) is 14.5. The lowest BCUT2D eigenvalue weighted by atomic mass is 10.0. The van der Waals surface area contributed by atoms with Crippen molar-refractivity contribution in [2.45, 2.75) is 32.2 Å². The maximum atomic E-state index is 13.5. The monoisotopic (exact) mass is 439 g/mol. The number of rotatable bonds is 4. The molecule has 7 nitrogen and oxygen atoms in total. The second kappa shape index (κ2) is 8.47. The molecule has 2 aromatic carbocycles. The number of hydrogen-bond acceptors (Lipinski definition) is 3. The lowest BCUT2D eigenvalue weighted by Gasteiger charge is -2.32. The number of imidazole rings is 1. The minimum absolute atomic E-state index is 0.0292. The lowest BCUT2D eigenvalue weighted by Crippen LogP contribution is -2.41. The Balaban J connectivity index is 1.39. The van der Waals surface area contributed by atoms with E-state index in [1.807, 2.05) is 53.1 Å². The molecule has 1 saturated heterocycles. The number of aromatic amines is 1. The van der Waals surface area contributed by atoms with Crippen LogP contribution in [0.15, 0.2) is 65.6 Å². The third kappa shape index (κ3) is 3.64. The summed E-state index contributed by atoms with van der Waals surface area (Å²) >= 11 is 0. The van der Waals surface area contributed by atoms with Crippen molar-refractivity contribution in [3.8, 4) is 11.8 Å². The van der Waals surface area contributed by atoms with Gasteiger partial charge in [-0.2, -0.15) is 5.26 Å². The third-order valence-electron chi connectivity index (χ3n) is 6.57. The first-order valence-corrected chi connectivity index (χ1v) is 11.3. The van der Waals surface area contributed by atoms with Gasteiger partial charge in [0.25, 0.3) is 5.91 Å². The van der Waals surface area contributed by atoms with Crippen LogP contribution in [0.1, 0.15) is 47.4 Å². The van der Waals surface area contributed by atoms with Crippen LogP contribution in [0.4, 0.5) is 0 Å². The maximum Gasteiger partial charge on any atom is 0.326 e. The highest BCUT2D eigenvalue weighted by molar-refractivity contribution is 5.96. The summed E-state index contributed by atoms with van der Waals surface area (Å²) < 4.78 is 3.62. The van der Waals surface area contributed by atoms with Gasteiger partial charge in [0.05, 0.1) is 16.6 Å². The molecular formula is C26H25N5O2. The van der Waals surface area contributed by atoms with Crippen LogP contribution in [0.3, 0.4) is 0 Å². The Morgan fingerprint density at radius 2 is 1.82 bits per heavy atom. The maximum absolute atomic E-state index is 13.5. The standard InChI is InChI=1S/C26H25N5O2/c1-2-18-7-9-20(10-8-18)30-16-11-19(17-27)24(30)25(32)29-14-12-21(13-15-29)31-23-6-4-3-5-22(23)28-26(31)33/h3-11,16,21H,2,12-15H2,1H3,(H,28,33). The quantitative estimate of drug-likeness (QED) is 0.521. The summed E-state index contributed by atoms with van der Waals surface area (Å²) in [4.78, 5) is 30.8. The van der Waals surface area contributed by atoms with Crippen molar-refractivity contribution < 1.29 is 4.79 Å². The summed E-state index contributed by atoms with van der Waals surface area (Å²) in [6, 6.07) is 19.6. The molecule has 1 fully saturated rings. The SMILES string of the molecule is CCc1ccc(-n2ccc(C#N)c2C(=O)N2CCC(n3c(=O)[nH]c4ccccc43)CC2)cc1. The highest BCUT2D eigenvalue weighted by Crippen LogP contribution is 2.27. The van der Waals surface area contributed by atoms with Gasteiger partial charge in [-0.15, -0.1) is 0 Å². The van der Waals surface area contributed by atoms with E-state index in [1.54, 1.807) is 21.7 Å². The van der Waals surface area contributed by atoms with Crippen LogP contribution in [0.2, 0.25) is 0 Å². The molecule has 0 aliphatic carbocycles. The van der Waals surface area contributed by atoms with Crippen LogP contribution in [-0.2, 0) is 6.42 Å².